The zero-order valence-corrected chi connectivity index (χ0v) is 30.3. The highest BCUT2D eigenvalue weighted by Gasteiger charge is 2.61. The maximum absolute atomic E-state index is 12.6. The average Bonchev–Trinajstić information content (AvgIpc) is 3.75. The number of ether oxygens (including phenoxy) is 3. The number of esters is 1. The van der Waals surface area contributed by atoms with E-state index < -0.39 is 0 Å². The lowest BCUT2D eigenvalue weighted by Crippen LogP contribution is -2.56. The van der Waals surface area contributed by atoms with Crippen LogP contribution in [0.2, 0.25) is 0 Å². The number of benzene rings is 1. The summed E-state index contributed by atoms with van der Waals surface area (Å²) in [7, 11) is 6.61. The number of nitrogens with zero attached hydrogens (tertiary/aromatic N) is 2. The molecule has 47 heavy (non-hydrogen) atoms. The van der Waals surface area contributed by atoms with Crippen molar-refractivity contribution in [2.24, 2.45) is 28.6 Å². The highest BCUT2D eigenvalue weighted by atomic mass is 16.5. The summed E-state index contributed by atoms with van der Waals surface area (Å²) in [6.45, 7) is 13.6. The van der Waals surface area contributed by atoms with Crippen LogP contribution in [-0.4, -0.2) is 87.6 Å². The Hall–Kier alpha value is -2.31. The molecule has 0 amide bonds. The Morgan fingerprint density at radius 3 is 2.43 bits per heavy atom. The smallest absolute Gasteiger partial charge is 0.303 e. The molecule has 1 aromatic rings. The van der Waals surface area contributed by atoms with Gasteiger partial charge in [-0.25, -0.2) is 0 Å². The lowest BCUT2D eigenvalue weighted by atomic mass is 9.47. The molecule has 7 atom stereocenters. The van der Waals surface area contributed by atoms with Crippen molar-refractivity contribution < 1.29 is 28.0 Å². The zero-order chi connectivity index (χ0) is 33.0. The van der Waals surface area contributed by atoms with Gasteiger partial charge in [-0.3, -0.25) is 4.79 Å². The molecule has 3 saturated carbocycles. The second-order valence-corrected chi connectivity index (χ2v) is 17.5. The lowest BCUT2D eigenvalue weighted by molar-refractivity contribution is -0.923. The third kappa shape index (κ3) is 5.98. The third-order valence-corrected chi connectivity index (χ3v) is 14.7. The topological polar surface area (TPSA) is 44.8 Å². The number of quaternary nitrogens is 2. The number of likely N-dealkylation sites (tertiary alicyclic amines) is 2. The van der Waals surface area contributed by atoms with E-state index in [1.807, 2.05) is 0 Å². The van der Waals surface area contributed by atoms with Gasteiger partial charge >= 0.3 is 5.97 Å². The summed E-state index contributed by atoms with van der Waals surface area (Å²) in [5.74, 6) is 3.30. The summed E-state index contributed by atoms with van der Waals surface area (Å²) in [6, 6.07) is 7.11. The van der Waals surface area contributed by atoms with Crippen molar-refractivity contribution in [2.45, 2.75) is 104 Å². The standard InChI is InChI=1S/C41H62N2O4/c1-29(44)47-39-31(25-30-11-14-37(38(26-30)45-6)46-24-23-42(4)19-7-8-20-42)27-36-34-13-12-32-28-33(43(5)21-9-10-22-43)15-17-40(32,2)35(34)16-18-41(36,39)3/h11-12,14,25-26,33-36,39H,7-10,13,15-24,27-28H2,1-6H3/q+2/b31-25+/t33-,34+,35-,36-,39-,40-,41-/m0/s1. The van der Waals surface area contributed by atoms with Gasteiger partial charge in [-0.05, 0) is 78.5 Å². The van der Waals surface area contributed by atoms with Gasteiger partial charge in [0, 0.05) is 50.9 Å². The van der Waals surface area contributed by atoms with Crippen LogP contribution in [0.25, 0.3) is 6.08 Å². The summed E-state index contributed by atoms with van der Waals surface area (Å²) in [5, 5.41) is 0. The molecule has 6 heteroatoms. The average molecular weight is 647 g/mol. The van der Waals surface area contributed by atoms with Gasteiger partial charge < -0.3 is 23.2 Å². The Bertz CT molecular complexity index is 1400. The summed E-state index contributed by atoms with van der Waals surface area (Å²) >= 11 is 0. The molecule has 0 radical (unpaired) electrons. The molecular formula is C41H62N2O4+2. The number of fused-ring (bicyclic) bond motifs is 5. The van der Waals surface area contributed by atoms with Crippen molar-refractivity contribution >= 4 is 12.0 Å². The van der Waals surface area contributed by atoms with E-state index in [4.69, 9.17) is 14.2 Å². The van der Waals surface area contributed by atoms with Crippen LogP contribution in [0.4, 0.5) is 0 Å². The van der Waals surface area contributed by atoms with Gasteiger partial charge in [0.1, 0.15) is 19.3 Å². The zero-order valence-electron chi connectivity index (χ0n) is 30.3. The summed E-state index contributed by atoms with van der Waals surface area (Å²) in [6.07, 6.45) is 18.8. The van der Waals surface area contributed by atoms with E-state index >= 15 is 0 Å². The minimum atomic E-state index is -0.175. The predicted octanol–water partition coefficient (Wildman–Crippen LogP) is 7.81. The van der Waals surface area contributed by atoms with Gasteiger partial charge in [0.05, 0.1) is 53.4 Å². The van der Waals surface area contributed by atoms with Gasteiger partial charge in [0.15, 0.2) is 11.5 Å². The highest BCUT2D eigenvalue weighted by Crippen LogP contribution is 2.66. The summed E-state index contributed by atoms with van der Waals surface area (Å²) in [4.78, 5) is 12.6. The number of carbonyl (C=O) groups excluding carboxylic acids is 1. The number of rotatable bonds is 8. The van der Waals surface area contributed by atoms with E-state index in [-0.39, 0.29) is 17.5 Å². The minimum Gasteiger partial charge on any atom is -0.493 e. The van der Waals surface area contributed by atoms with Crippen molar-refractivity contribution in [1.82, 2.24) is 0 Å². The van der Waals surface area contributed by atoms with Gasteiger partial charge in [-0.2, -0.15) is 0 Å². The van der Waals surface area contributed by atoms with Gasteiger partial charge in [0.2, 0.25) is 0 Å². The molecular weight excluding hydrogens is 584 g/mol. The lowest BCUT2D eigenvalue weighted by Gasteiger charge is -2.58. The first-order valence-corrected chi connectivity index (χ1v) is 19.0. The minimum absolute atomic E-state index is 0.0342. The van der Waals surface area contributed by atoms with E-state index in [1.165, 1.54) is 94.0 Å². The number of likely N-dealkylation sites (N-methyl/N-ethyl adjacent to an activating group) is 1. The summed E-state index contributed by atoms with van der Waals surface area (Å²) < 4.78 is 20.8. The largest absolute Gasteiger partial charge is 0.493 e. The Balaban J connectivity index is 1.11. The molecule has 0 N–H and O–H groups in total. The number of hydrogen-bond donors (Lipinski definition) is 0. The van der Waals surface area contributed by atoms with Crippen molar-refractivity contribution in [3.63, 3.8) is 0 Å². The monoisotopic (exact) mass is 646 g/mol. The van der Waals surface area contributed by atoms with E-state index in [9.17, 15) is 4.79 Å². The predicted molar refractivity (Wildman–Crippen MR) is 188 cm³/mol. The van der Waals surface area contributed by atoms with Gasteiger partial charge in [0.25, 0.3) is 0 Å². The van der Waals surface area contributed by atoms with E-state index in [0.717, 1.165) is 52.9 Å². The molecule has 6 nitrogen and oxygen atoms in total. The fourth-order valence-electron chi connectivity index (χ4n) is 11.8. The molecule has 0 bridgehead atoms. The Morgan fingerprint density at radius 1 is 0.957 bits per heavy atom. The van der Waals surface area contributed by atoms with Crippen molar-refractivity contribution in [1.29, 1.82) is 0 Å². The number of allylic oxidation sites excluding steroid dienone is 1. The second kappa shape index (κ2) is 12.5. The molecule has 5 fully saturated rings. The molecule has 2 saturated heterocycles. The summed E-state index contributed by atoms with van der Waals surface area (Å²) in [5.41, 5.74) is 4.42. The molecule has 7 rings (SSSR count). The molecule has 4 aliphatic carbocycles. The maximum Gasteiger partial charge on any atom is 0.303 e. The molecule has 258 valence electrons. The second-order valence-electron chi connectivity index (χ2n) is 17.5. The van der Waals surface area contributed by atoms with Crippen molar-refractivity contribution in [3.8, 4) is 11.5 Å². The molecule has 2 heterocycles. The quantitative estimate of drug-likeness (QED) is 0.164. The highest BCUT2D eigenvalue weighted by molar-refractivity contribution is 5.68. The van der Waals surface area contributed by atoms with Gasteiger partial charge in [-0.15, -0.1) is 0 Å². The fourth-order valence-corrected chi connectivity index (χ4v) is 11.8. The van der Waals surface area contributed by atoms with Gasteiger partial charge in [-0.1, -0.05) is 37.6 Å². The molecule has 2 aliphatic heterocycles. The first kappa shape index (κ1) is 33.2. The van der Waals surface area contributed by atoms with Crippen molar-refractivity contribution in [2.75, 3.05) is 60.5 Å². The Morgan fingerprint density at radius 2 is 1.70 bits per heavy atom. The Labute approximate surface area is 284 Å². The Kier molecular flexibility index (Phi) is 8.86. The van der Waals surface area contributed by atoms with Crippen LogP contribution < -0.4 is 9.47 Å². The molecule has 0 unspecified atom stereocenters. The van der Waals surface area contributed by atoms with Crippen LogP contribution in [-0.2, 0) is 9.53 Å². The van der Waals surface area contributed by atoms with Crippen LogP contribution in [0.1, 0.15) is 97.0 Å². The van der Waals surface area contributed by atoms with Crippen molar-refractivity contribution in [3.05, 3.63) is 41.0 Å². The number of methoxy groups -OCH3 is 1. The molecule has 1 aromatic carbocycles. The number of hydrogen-bond acceptors (Lipinski definition) is 4. The molecule has 0 aromatic heterocycles. The van der Waals surface area contributed by atoms with Crippen LogP contribution >= 0.6 is 0 Å². The molecule has 0 spiro atoms. The third-order valence-electron chi connectivity index (χ3n) is 14.7. The van der Waals surface area contributed by atoms with E-state index in [2.05, 4.69) is 58.3 Å². The normalized spacial score (nSPS) is 37.9. The van der Waals surface area contributed by atoms with E-state index in [0.29, 0.717) is 23.9 Å². The first-order chi connectivity index (χ1) is 22.5. The first-order valence-electron chi connectivity index (χ1n) is 19.0. The van der Waals surface area contributed by atoms with Crippen LogP contribution in [0, 0.1) is 28.6 Å². The van der Waals surface area contributed by atoms with Crippen LogP contribution in [0.5, 0.6) is 11.5 Å². The van der Waals surface area contributed by atoms with E-state index in [1.54, 1.807) is 19.6 Å². The molecule has 6 aliphatic rings. The van der Waals surface area contributed by atoms with Crippen LogP contribution in [0.15, 0.2) is 35.4 Å². The maximum atomic E-state index is 12.6. The van der Waals surface area contributed by atoms with Crippen LogP contribution in [0.3, 0.4) is 0 Å². The SMILES string of the molecule is COc1cc(/C=C2\C[C@H]3[C@@H]4CC=C5C[C@@H]([N+]6(C)CCCC6)CC[C@]5(C)[C@H]4CC[C@]3(C)[C@H]2OC(C)=O)ccc1OCC[N+]1(C)CCCC1. The number of carbonyl (C=O) groups is 1. The fraction of sp³-hybridized carbons (Fsp3) is 0.732.